The van der Waals surface area contributed by atoms with E-state index in [0.29, 0.717) is 22.4 Å². The second-order valence-corrected chi connectivity index (χ2v) is 4.85. The third-order valence-electron chi connectivity index (χ3n) is 3.17. The van der Waals surface area contributed by atoms with Crippen LogP contribution in [0.1, 0.15) is 21.6 Å². The third-order valence-corrected chi connectivity index (χ3v) is 3.17. The molecule has 0 amide bonds. The van der Waals surface area contributed by atoms with Crippen molar-refractivity contribution >= 4 is 41.1 Å². The maximum Gasteiger partial charge on any atom is 0.339 e. The van der Waals surface area contributed by atoms with Crippen LogP contribution in [0.15, 0.2) is 24.4 Å². The fraction of sp³-hybridized carbons (Fsp3) is 0. The minimum Gasteiger partial charge on any atom is -0.507 e. The highest BCUT2D eigenvalue weighted by Crippen LogP contribution is 2.20. The fourth-order valence-corrected chi connectivity index (χ4v) is 2.05. The summed E-state index contributed by atoms with van der Waals surface area (Å²) in [6, 6.07) is 4.22. The van der Waals surface area contributed by atoms with Crippen molar-refractivity contribution in [1.82, 2.24) is 19.9 Å². The van der Waals surface area contributed by atoms with Crippen LogP contribution in [0.2, 0.25) is 0 Å². The third kappa shape index (κ3) is 2.90. The summed E-state index contributed by atoms with van der Waals surface area (Å²) in [6.07, 6.45) is 4.77. The number of hydrogen-bond donors (Lipinski definition) is 4. The number of aromatic carboxylic acids is 1. The predicted molar refractivity (Wildman–Crippen MR) is 87.9 cm³/mol. The first-order chi connectivity index (χ1) is 11.4. The molecule has 9 nitrogen and oxygen atoms in total. The van der Waals surface area contributed by atoms with Gasteiger partial charge in [0.25, 0.3) is 0 Å². The molecule has 24 heavy (non-hydrogen) atoms. The number of rotatable bonds is 3. The summed E-state index contributed by atoms with van der Waals surface area (Å²) < 4.78 is 0. The van der Waals surface area contributed by atoms with Gasteiger partial charge in [-0.1, -0.05) is 12.1 Å². The lowest BCUT2D eigenvalue weighted by Crippen LogP contribution is -2.03. The van der Waals surface area contributed by atoms with E-state index in [2.05, 4.69) is 19.9 Å². The van der Waals surface area contributed by atoms with Gasteiger partial charge in [-0.25, -0.2) is 14.8 Å². The second kappa shape index (κ2) is 5.80. The van der Waals surface area contributed by atoms with Crippen molar-refractivity contribution in [3.8, 4) is 5.75 Å². The van der Waals surface area contributed by atoms with Gasteiger partial charge in [-0.15, -0.1) is 0 Å². The Kier molecular flexibility index (Phi) is 3.66. The lowest BCUT2D eigenvalue weighted by molar-refractivity contribution is 0.0693. The van der Waals surface area contributed by atoms with E-state index < -0.39 is 5.97 Å². The maximum absolute atomic E-state index is 10.9. The summed E-state index contributed by atoms with van der Waals surface area (Å²) in [5.74, 6) is -1.36. The van der Waals surface area contributed by atoms with E-state index in [1.165, 1.54) is 18.3 Å². The predicted octanol–water partition coefficient (Wildman–Crippen LogP) is 1.16. The summed E-state index contributed by atoms with van der Waals surface area (Å²) in [4.78, 5) is 27.0. The van der Waals surface area contributed by atoms with Gasteiger partial charge in [0.2, 0.25) is 5.95 Å². The topological polar surface area (TPSA) is 161 Å². The fourth-order valence-electron chi connectivity index (χ4n) is 2.05. The van der Waals surface area contributed by atoms with E-state index >= 15 is 0 Å². The molecule has 6 N–H and O–H groups in total. The lowest BCUT2D eigenvalue weighted by atomic mass is 10.1. The number of phenols is 1. The van der Waals surface area contributed by atoms with Crippen molar-refractivity contribution in [1.29, 1.82) is 0 Å². The number of hydrogen-bond acceptors (Lipinski definition) is 8. The molecule has 120 valence electrons. The molecule has 0 radical (unpaired) electrons. The van der Waals surface area contributed by atoms with Gasteiger partial charge in [0, 0.05) is 0 Å². The molecule has 2 aromatic heterocycles. The van der Waals surface area contributed by atoms with Gasteiger partial charge in [0.05, 0.1) is 11.9 Å². The molecule has 0 atom stereocenters. The van der Waals surface area contributed by atoms with Gasteiger partial charge < -0.3 is 21.7 Å². The van der Waals surface area contributed by atoms with Crippen molar-refractivity contribution in [2.75, 3.05) is 11.5 Å². The van der Waals surface area contributed by atoms with Crippen molar-refractivity contribution in [2.24, 2.45) is 0 Å². The molecule has 0 spiro atoms. The standard InChI is InChI=1S/C15H12N6O3/c16-12-11-13(21-15(17)20-12)18-6-8(19-11)3-1-7-2-4-9(14(23)24)10(22)5-7/h1-6,22H,(H,23,24)(H4,16,17,18,20,21)/b3-1+. The number of benzene rings is 1. The largest absolute Gasteiger partial charge is 0.507 e. The first kappa shape index (κ1) is 15.2. The normalized spacial score (nSPS) is 11.2. The molecule has 3 aromatic rings. The number of nitrogen functional groups attached to an aromatic ring is 2. The number of fused-ring (bicyclic) bond motifs is 1. The van der Waals surface area contributed by atoms with Gasteiger partial charge in [-0.3, -0.25) is 0 Å². The van der Waals surface area contributed by atoms with Crippen molar-refractivity contribution in [3.63, 3.8) is 0 Å². The molecule has 0 unspecified atom stereocenters. The van der Waals surface area contributed by atoms with E-state index in [9.17, 15) is 9.90 Å². The highest BCUT2D eigenvalue weighted by Gasteiger charge is 2.09. The molecule has 0 saturated heterocycles. The average molecular weight is 324 g/mol. The smallest absolute Gasteiger partial charge is 0.339 e. The first-order valence-corrected chi connectivity index (χ1v) is 6.74. The van der Waals surface area contributed by atoms with Crippen LogP contribution in [-0.4, -0.2) is 36.1 Å². The van der Waals surface area contributed by atoms with Crippen molar-refractivity contribution in [3.05, 3.63) is 41.2 Å². The van der Waals surface area contributed by atoms with Crippen LogP contribution in [0.4, 0.5) is 11.8 Å². The Morgan fingerprint density at radius 1 is 1.12 bits per heavy atom. The second-order valence-electron chi connectivity index (χ2n) is 4.85. The van der Waals surface area contributed by atoms with Crippen LogP contribution in [-0.2, 0) is 0 Å². The SMILES string of the molecule is Nc1nc(N)c2nc(/C=C/c3ccc(C(=O)O)c(O)c3)cnc2n1. The van der Waals surface area contributed by atoms with Gasteiger partial charge in [-0.05, 0) is 23.8 Å². The molecule has 0 saturated carbocycles. The molecule has 0 aliphatic carbocycles. The summed E-state index contributed by atoms with van der Waals surface area (Å²) in [7, 11) is 0. The van der Waals surface area contributed by atoms with Gasteiger partial charge in [0.1, 0.15) is 11.3 Å². The monoisotopic (exact) mass is 324 g/mol. The van der Waals surface area contributed by atoms with E-state index in [4.69, 9.17) is 16.6 Å². The Morgan fingerprint density at radius 3 is 2.62 bits per heavy atom. The summed E-state index contributed by atoms with van der Waals surface area (Å²) in [5, 5.41) is 18.6. The number of anilines is 2. The van der Waals surface area contributed by atoms with Crippen LogP contribution in [0.3, 0.4) is 0 Å². The average Bonchev–Trinajstić information content (AvgIpc) is 2.52. The number of nitrogens with zero attached hydrogens (tertiary/aromatic N) is 4. The molecule has 3 rings (SSSR count). The molecular formula is C15H12N6O3. The van der Waals surface area contributed by atoms with Crippen LogP contribution < -0.4 is 11.5 Å². The van der Waals surface area contributed by atoms with Crippen molar-refractivity contribution in [2.45, 2.75) is 0 Å². The Labute approximate surface area is 135 Å². The van der Waals surface area contributed by atoms with E-state index in [1.54, 1.807) is 18.2 Å². The number of carboxylic acid groups (broad SMARTS) is 1. The van der Waals surface area contributed by atoms with Crippen LogP contribution in [0.25, 0.3) is 23.3 Å². The highest BCUT2D eigenvalue weighted by atomic mass is 16.4. The highest BCUT2D eigenvalue weighted by molar-refractivity contribution is 5.91. The number of carbonyl (C=O) groups is 1. The molecular weight excluding hydrogens is 312 g/mol. The van der Waals surface area contributed by atoms with Crippen LogP contribution >= 0.6 is 0 Å². The van der Waals surface area contributed by atoms with E-state index in [1.807, 2.05) is 0 Å². The number of aromatic nitrogens is 4. The molecule has 0 aliphatic rings. The van der Waals surface area contributed by atoms with E-state index in [-0.39, 0.29) is 23.1 Å². The quantitative estimate of drug-likeness (QED) is 0.553. The Bertz CT molecular complexity index is 986. The van der Waals surface area contributed by atoms with Gasteiger partial charge in [-0.2, -0.15) is 9.97 Å². The minimum atomic E-state index is -1.20. The Morgan fingerprint density at radius 2 is 1.92 bits per heavy atom. The van der Waals surface area contributed by atoms with Crippen molar-refractivity contribution < 1.29 is 15.0 Å². The van der Waals surface area contributed by atoms with E-state index in [0.717, 1.165) is 0 Å². The lowest BCUT2D eigenvalue weighted by Gasteiger charge is -2.02. The zero-order valence-electron chi connectivity index (χ0n) is 12.2. The van der Waals surface area contributed by atoms with Gasteiger partial charge in [0.15, 0.2) is 17.0 Å². The summed E-state index contributed by atoms with van der Waals surface area (Å²) in [6.45, 7) is 0. The maximum atomic E-state index is 10.9. The zero-order chi connectivity index (χ0) is 17.3. The Balaban J connectivity index is 1.93. The number of aromatic hydroxyl groups is 1. The molecule has 1 aromatic carbocycles. The van der Waals surface area contributed by atoms with Crippen LogP contribution in [0.5, 0.6) is 5.75 Å². The molecule has 2 heterocycles. The Hall–Kier alpha value is -3.75. The minimum absolute atomic E-state index is 0.0200. The summed E-state index contributed by atoms with van der Waals surface area (Å²) in [5.41, 5.74) is 12.8. The summed E-state index contributed by atoms with van der Waals surface area (Å²) >= 11 is 0. The molecule has 0 aliphatic heterocycles. The number of carboxylic acids is 1. The molecule has 9 heteroatoms. The van der Waals surface area contributed by atoms with Crippen LogP contribution in [0, 0.1) is 0 Å². The van der Waals surface area contributed by atoms with Gasteiger partial charge >= 0.3 is 5.97 Å². The molecule has 0 fully saturated rings. The zero-order valence-corrected chi connectivity index (χ0v) is 12.2. The number of nitrogens with two attached hydrogens (primary N) is 2. The molecule has 0 bridgehead atoms. The first-order valence-electron chi connectivity index (χ1n) is 6.74.